The van der Waals surface area contributed by atoms with E-state index >= 15 is 0 Å². The van der Waals surface area contributed by atoms with Crippen LogP contribution in [-0.4, -0.2) is 17.3 Å². The van der Waals surface area contributed by atoms with Crippen LogP contribution >= 0.6 is 0 Å². The third-order valence-corrected chi connectivity index (χ3v) is 1.22. The SMILES string of the molecule is CC(C)[C@H](O)[C@H](C)N. The summed E-state index contributed by atoms with van der Waals surface area (Å²) in [7, 11) is 0. The average Bonchev–Trinajstić information content (AvgIpc) is 1.64. The van der Waals surface area contributed by atoms with Gasteiger partial charge in [0.25, 0.3) is 0 Å². The van der Waals surface area contributed by atoms with Gasteiger partial charge in [0.15, 0.2) is 0 Å². The van der Waals surface area contributed by atoms with Crippen molar-refractivity contribution in [2.45, 2.75) is 32.9 Å². The van der Waals surface area contributed by atoms with E-state index in [1.165, 1.54) is 0 Å². The highest BCUT2D eigenvalue weighted by atomic mass is 16.3. The zero-order valence-corrected chi connectivity index (χ0v) is 5.76. The van der Waals surface area contributed by atoms with Gasteiger partial charge in [-0.2, -0.15) is 0 Å². The summed E-state index contributed by atoms with van der Waals surface area (Å²) in [5, 5.41) is 9.08. The molecule has 0 saturated heterocycles. The Hall–Kier alpha value is -0.0800. The smallest absolute Gasteiger partial charge is 0.0711 e. The summed E-state index contributed by atoms with van der Waals surface area (Å²) < 4.78 is 0. The van der Waals surface area contributed by atoms with Crippen LogP contribution in [0.3, 0.4) is 0 Å². The van der Waals surface area contributed by atoms with Gasteiger partial charge in [-0.25, -0.2) is 0 Å². The highest BCUT2D eigenvalue weighted by molar-refractivity contribution is 4.68. The Labute approximate surface area is 50.7 Å². The molecule has 0 aromatic carbocycles. The molecule has 0 saturated carbocycles. The fraction of sp³-hybridized carbons (Fsp3) is 1.00. The lowest BCUT2D eigenvalue weighted by Crippen LogP contribution is -2.35. The minimum atomic E-state index is -0.352. The van der Waals surface area contributed by atoms with E-state index in [0.717, 1.165) is 0 Å². The Morgan fingerprint density at radius 3 is 1.62 bits per heavy atom. The molecule has 8 heavy (non-hydrogen) atoms. The van der Waals surface area contributed by atoms with Crippen LogP contribution in [0.15, 0.2) is 0 Å². The average molecular weight is 117 g/mol. The summed E-state index contributed by atoms with van der Waals surface area (Å²) in [6, 6.07) is -0.102. The maximum absolute atomic E-state index is 9.08. The lowest BCUT2D eigenvalue weighted by atomic mass is 10.0. The zero-order chi connectivity index (χ0) is 6.73. The molecular formula is C6H15NO. The number of aliphatic hydroxyl groups excluding tert-OH is 1. The molecule has 0 aliphatic heterocycles. The summed E-state index contributed by atoms with van der Waals surface area (Å²) in [6.45, 7) is 5.72. The minimum Gasteiger partial charge on any atom is -0.391 e. The lowest BCUT2D eigenvalue weighted by molar-refractivity contribution is 0.104. The molecule has 0 spiro atoms. The maximum atomic E-state index is 9.08. The second kappa shape index (κ2) is 3.05. The van der Waals surface area contributed by atoms with E-state index < -0.39 is 0 Å². The fourth-order valence-corrected chi connectivity index (χ4v) is 0.607. The van der Waals surface area contributed by atoms with Crippen LogP contribution in [0.1, 0.15) is 20.8 Å². The van der Waals surface area contributed by atoms with E-state index in [1.807, 2.05) is 20.8 Å². The van der Waals surface area contributed by atoms with Gasteiger partial charge in [-0.15, -0.1) is 0 Å². The van der Waals surface area contributed by atoms with Crippen LogP contribution in [0.4, 0.5) is 0 Å². The molecule has 0 aromatic rings. The first-order valence-corrected chi connectivity index (χ1v) is 2.99. The van der Waals surface area contributed by atoms with Crippen molar-refractivity contribution in [1.29, 1.82) is 0 Å². The van der Waals surface area contributed by atoms with Gasteiger partial charge in [0.2, 0.25) is 0 Å². The van der Waals surface area contributed by atoms with E-state index in [4.69, 9.17) is 10.8 Å². The molecule has 0 heterocycles. The zero-order valence-electron chi connectivity index (χ0n) is 5.76. The molecule has 0 rings (SSSR count). The summed E-state index contributed by atoms with van der Waals surface area (Å²) >= 11 is 0. The first-order chi connectivity index (χ1) is 3.55. The number of hydrogen-bond acceptors (Lipinski definition) is 2. The van der Waals surface area contributed by atoms with Gasteiger partial charge < -0.3 is 10.8 Å². The molecular weight excluding hydrogens is 102 g/mol. The normalized spacial score (nSPS) is 18.8. The molecule has 0 bridgehead atoms. The monoisotopic (exact) mass is 117 g/mol. The molecule has 0 radical (unpaired) electrons. The predicted molar refractivity (Wildman–Crippen MR) is 34.5 cm³/mol. The summed E-state index contributed by atoms with van der Waals surface area (Å²) in [4.78, 5) is 0. The van der Waals surface area contributed by atoms with Crippen molar-refractivity contribution in [3.63, 3.8) is 0 Å². The van der Waals surface area contributed by atoms with E-state index in [9.17, 15) is 0 Å². The Morgan fingerprint density at radius 2 is 1.62 bits per heavy atom. The Kier molecular flexibility index (Phi) is 3.02. The quantitative estimate of drug-likeness (QED) is 0.548. The molecule has 0 amide bonds. The van der Waals surface area contributed by atoms with Crippen LogP contribution in [0, 0.1) is 5.92 Å². The van der Waals surface area contributed by atoms with Crippen molar-refractivity contribution in [2.24, 2.45) is 11.7 Å². The number of aliphatic hydroxyl groups is 1. The first-order valence-electron chi connectivity index (χ1n) is 2.99. The van der Waals surface area contributed by atoms with Gasteiger partial charge in [-0.1, -0.05) is 13.8 Å². The van der Waals surface area contributed by atoms with Crippen LogP contribution in [0.25, 0.3) is 0 Å². The number of hydrogen-bond donors (Lipinski definition) is 2. The third-order valence-electron chi connectivity index (χ3n) is 1.22. The largest absolute Gasteiger partial charge is 0.391 e. The van der Waals surface area contributed by atoms with Crippen molar-refractivity contribution < 1.29 is 5.11 Å². The van der Waals surface area contributed by atoms with Gasteiger partial charge in [0.05, 0.1) is 6.10 Å². The Balaban J connectivity index is 3.46. The Bertz CT molecular complexity index is 53.5. The van der Waals surface area contributed by atoms with Crippen molar-refractivity contribution in [3.05, 3.63) is 0 Å². The predicted octanol–water partition coefficient (Wildman–Crippen LogP) is 0.350. The molecule has 2 heteroatoms. The second-order valence-corrected chi connectivity index (χ2v) is 2.59. The standard InChI is InChI=1S/C6H15NO/c1-4(2)6(8)5(3)7/h4-6,8H,7H2,1-3H3/t5-,6-/m0/s1. The topological polar surface area (TPSA) is 46.2 Å². The molecule has 0 fully saturated rings. The van der Waals surface area contributed by atoms with Crippen molar-refractivity contribution in [3.8, 4) is 0 Å². The van der Waals surface area contributed by atoms with E-state index in [0.29, 0.717) is 0 Å². The van der Waals surface area contributed by atoms with Crippen molar-refractivity contribution in [2.75, 3.05) is 0 Å². The van der Waals surface area contributed by atoms with E-state index in [1.54, 1.807) is 0 Å². The van der Waals surface area contributed by atoms with Gasteiger partial charge in [-0.3, -0.25) is 0 Å². The number of rotatable bonds is 2. The molecule has 0 unspecified atom stereocenters. The summed E-state index contributed by atoms with van der Waals surface area (Å²) in [6.07, 6.45) is -0.352. The van der Waals surface area contributed by atoms with Gasteiger partial charge in [0, 0.05) is 6.04 Å². The van der Waals surface area contributed by atoms with Crippen molar-refractivity contribution >= 4 is 0 Å². The number of nitrogens with two attached hydrogens (primary N) is 1. The molecule has 0 aliphatic rings. The van der Waals surface area contributed by atoms with E-state index in [-0.39, 0.29) is 18.1 Å². The van der Waals surface area contributed by atoms with Crippen LogP contribution < -0.4 is 5.73 Å². The highest BCUT2D eigenvalue weighted by Crippen LogP contribution is 2.02. The second-order valence-electron chi connectivity index (χ2n) is 2.59. The molecule has 0 aromatic heterocycles. The molecule has 3 N–H and O–H groups in total. The third kappa shape index (κ3) is 2.28. The van der Waals surface area contributed by atoms with Crippen LogP contribution in [0.5, 0.6) is 0 Å². The maximum Gasteiger partial charge on any atom is 0.0711 e. The molecule has 0 aliphatic carbocycles. The Morgan fingerprint density at radius 1 is 1.25 bits per heavy atom. The lowest BCUT2D eigenvalue weighted by Gasteiger charge is -2.17. The van der Waals surface area contributed by atoms with Crippen LogP contribution in [-0.2, 0) is 0 Å². The van der Waals surface area contributed by atoms with Crippen LogP contribution in [0.2, 0.25) is 0 Å². The molecule has 50 valence electrons. The van der Waals surface area contributed by atoms with Gasteiger partial charge in [-0.05, 0) is 12.8 Å². The first kappa shape index (κ1) is 7.92. The highest BCUT2D eigenvalue weighted by Gasteiger charge is 2.12. The molecule has 2 atom stereocenters. The minimum absolute atomic E-state index is 0.102. The molecule has 2 nitrogen and oxygen atoms in total. The summed E-state index contributed by atoms with van der Waals surface area (Å²) in [5.74, 6) is 0.273. The van der Waals surface area contributed by atoms with Gasteiger partial charge in [0.1, 0.15) is 0 Å². The van der Waals surface area contributed by atoms with Gasteiger partial charge >= 0.3 is 0 Å². The summed E-state index contributed by atoms with van der Waals surface area (Å²) in [5.41, 5.74) is 5.39. The van der Waals surface area contributed by atoms with E-state index in [2.05, 4.69) is 0 Å². The van der Waals surface area contributed by atoms with Crippen molar-refractivity contribution in [1.82, 2.24) is 0 Å². The fourth-order valence-electron chi connectivity index (χ4n) is 0.607.